The smallest absolute Gasteiger partial charge is 0.296 e. The van der Waals surface area contributed by atoms with Gasteiger partial charge in [-0.1, -0.05) is 24.3 Å². The van der Waals surface area contributed by atoms with E-state index in [1.165, 1.54) is 6.92 Å². The number of benzene rings is 2. The molecule has 166 valence electrons. The summed E-state index contributed by atoms with van der Waals surface area (Å²) in [7, 11) is 0. The standard InChI is InChI=1S/C24H26N4O4/c1-4-27(5-2)22(30)15-28-14-20(19-11-6-7-12-21(19)28)23(31)24(32)26-18-10-8-9-17(13-18)25-16(3)29/h6-14H,4-5,15H2,1-3H3,(H,25,29)(H,26,32). The third-order valence-corrected chi connectivity index (χ3v) is 5.10. The molecule has 1 heterocycles. The zero-order chi connectivity index (χ0) is 23.3. The molecule has 2 N–H and O–H groups in total. The molecule has 0 aliphatic rings. The van der Waals surface area contributed by atoms with Gasteiger partial charge in [-0.3, -0.25) is 19.2 Å². The molecular formula is C24H26N4O4. The first-order valence-electron chi connectivity index (χ1n) is 10.4. The quantitative estimate of drug-likeness (QED) is 0.420. The Balaban J connectivity index is 1.86. The predicted octanol–water partition coefficient (Wildman–Crippen LogP) is 3.29. The minimum Gasteiger partial charge on any atom is -0.342 e. The van der Waals surface area contributed by atoms with Gasteiger partial charge in [0.25, 0.3) is 11.7 Å². The fourth-order valence-corrected chi connectivity index (χ4v) is 3.57. The number of ketones is 1. The van der Waals surface area contributed by atoms with Gasteiger partial charge < -0.3 is 20.1 Å². The molecule has 32 heavy (non-hydrogen) atoms. The van der Waals surface area contributed by atoms with Crippen LogP contribution in [0.25, 0.3) is 10.9 Å². The van der Waals surface area contributed by atoms with Crippen LogP contribution in [0.4, 0.5) is 11.4 Å². The Morgan fingerprint density at radius 3 is 2.22 bits per heavy atom. The Morgan fingerprint density at radius 2 is 1.56 bits per heavy atom. The zero-order valence-corrected chi connectivity index (χ0v) is 18.3. The van der Waals surface area contributed by atoms with Gasteiger partial charge in [-0.05, 0) is 38.1 Å². The summed E-state index contributed by atoms with van der Waals surface area (Å²) < 4.78 is 1.70. The summed E-state index contributed by atoms with van der Waals surface area (Å²) in [6.07, 6.45) is 1.56. The molecule has 3 amide bonds. The van der Waals surface area contributed by atoms with Crippen molar-refractivity contribution in [3.63, 3.8) is 0 Å². The van der Waals surface area contributed by atoms with Gasteiger partial charge in [0.15, 0.2) is 0 Å². The lowest BCUT2D eigenvalue weighted by Crippen LogP contribution is -2.33. The van der Waals surface area contributed by atoms with Crippen molar-refractivity contribution < 1.29 is 19.2 Å². The molecule has 1 aromatic heterocycles. The van der Waals surface area contributed by atoms with Crippen LogP contribution in [-0.4, -0.2) is 46.1 Å². The summed E-state index contributed by atoms with van der Waals surface area (Å²) in [5.41, 5.74) is 1.82. The third-order valence-electron chi connectivity index (χ3n) is 5.10. The van der Waals surface area contributed by atoms with E-state index in [0.29, 0.717) is 35.4 Å². The van der Waals surface area contributed by atoms with Crippen molar-refractivity contribution in [1.82, 2.24) is 9.47 Å². The molecule has 3 rings (SSSR count). The zero-order valence-electron chi connectivity index (χ0n) is 18.3. The van der Waals surface area contributed by atoms with Crippen LogP contribution >= 0.6 is 0 Å². The first-order chi connectivity index (χ1) is 15.3. The molecule has 0 saturated carbocycles. The van der Waals surface area contributed by atoms with E-state index >= 15 is 0 Å². The highest BCUT2D eigenvalue weighted by atomic mass is 16.2. The van der Waals surface area contributed by atoms with Crippen molar-refractivity contribution in [2.75, 3.05) is 23.7 Å². The van der Waals surface area contributed by atoms with E-state index in [1.54, 1.807) is 52.1 Å². The predicted molar refractivity (Wildman–Crippen MR) is 124 cm³/mol. The molecule has 0 aliphatic carbocycles. The number of Topliss-reactive ketones (excluding diaryl/α,β-unsaturated/α-hetero) is 1. The number of para-hydroxylation sites is 1. The van der Waals surface area contributed by atoms with Gasteiger partial charge in [0.2, 0.25) is 11.8 Å². The third kappa shape index (κ3) is 5.03. The summed E-state index contributed by atoms with van der Waals surface area (Å²) in [4.78, 5) is 51.2. The molecule has 0 spiro atoms. The van der Waals surface area contributed by atoms with E-state index in [1.807, 2.05) is 26.0 Å². The van der Waals surface area contributed by atoms with Gasteiger partial charge in [-0.25, -0.2) is 0 Å². The Hall–Kier alpha value is -3.94. The number of likely N-dealkylation sites (N-methyl/N-ethyl adjacent to an activating group) is 1. The summed E-state index contributed by atoms with van der Waals surface area (Å²) in [5, 5.41) is 5.81. The fourth-order valence-electron chi connectivity index (χ4n) is 3.57. The number of nitrogens with zero attached hydrogens (tertiary/aromatic N) is 2. The minimum absolute atomic E-state index is 0.0611. The molecule has 0 bridgehead atoms. The molecule has 8 heteroatoms. The first-order valence-corrected chi connectivity index (χ1v) is 10.4. The average molecular weight is 434 g/mol. The molecule has 0 radical (unpaired) electrons. The number of fused-ring (bicyclic) bond motifs is 1. The second kappa shape index (κ2) is 9.91. The molecule has 0 unspecified atom stereocenters. The van der Waals surface area contributed by atoms with Crippen molar-refractivity contribution in [3.05, 3.63) is 60.3 Å². The SMILES string of the molecule is CCN(CC)C(=O)Cn1cc(C(=O)C(=O)Nc2cccc(NC(C)=O)c2)c2ccccc21. The van der Waals surface area contributed by atoms with Gasteiger partial charge in [-0.2, -0.15) is 0 Å². The van der Waals surface area contributed by atoms with Gasteiger partial charge in [0.05, 0.1) is 5.56 Å². The van der Waals surface area contributed by atoms with Gasteiger partial charge in [0.1, 0.15) is 6.54 Å². The topological polar surface area (TPSA) is 101 Å². The lowest BCUT2D eigenvalue weighted by atomic mass is 10.1. The van der Waals surface area contributed by atoms with Crippen LogP contribution < -0.4 is 10.6 Å². The molecule has 0 aliphatic heterocycles. The molecule has 3 aromatic rings. The highest BCUT2D eigenvalue weighted by molar-refractivity contribution is 6.48. The van der Waals surface area contributed by atoms with Crippen LogP contribution in [0, 0.1) is 0 Å². The largest absolute Gasteiger partial charge is 0.342 e. The Kier molecular flexibility index (Phi) is 7.04. The molecular weight excluding hydrogens is 408 g/mol. The highest BCUT2D eigenvalue weighted by Gasteiger charge is 2.23. The van der Waals surface area contributed by atoms with Crippen molar-refractivity contribution >= 4 is 45.8 Å². The molecule has 0 atom stereocenters. The second-order valence-electron chi connectivity index (χ2n) is 7.30. The van der Waals surface area contributed by atoms with Crippen LogP contribution in [0.3, 0.4) is 0 Å². The fraction of sp³-hybridized carbons (Fsp3) is 0.250. The Morgan fingerprint density at radius 1 is 0.906 bits per heavy atom. The number of nitrogens with one attached hydrogen (secondary N) is 2. The number of carbonyl (C=O) groups is 4. The highest BCUT2D eigenvalue weighted by Crippen LogP contribution is 2.23. The van der Waals surface area contributed by atoms with Gasteiger partial charge in [0, 0.05) is 48.5 Å². The summed E-state index contributed by atoms with van der Waals surface area (Å²) in [6, 6.07) is 13.7. The van der Waals surface area contributed by atoms with Crippen LogP contribution in [-0.2, 0) is 20.9 Å². The van der Waals surface area contributed by atoms with E-state index in [0.717, 1.165) is 0 Å². The van der Waals surface area contributed by atoms with Crippen LogP contribution in [0.15, 0.2) is 54.7 Å². The van der Waals surface area contributed by atoms with Crippen LogP contribution in [0.5, 0.6) is 0 Å². The normalized spacial score (nSPS) is 10.6. The molecule has 8 nitrogen and oxygen atoms in total. The average Bonchev–Trinajstić information content (AvgIpc) is 3.12. The Bertz CT molecular complexity index is 1180. The maximum Gasteiger partial charge on any atom is 0.296 e. The monoisotopic (exact) mass is 434 g/mol. The maximum atomic E-state index is 13.0. The maximum absolute atomic E-state index is 13.0. The van der Waals surface area contributed by atoms with E-state index in [-0.39, 0.29) is 23.9 Å². The number of hydrogen-bond donors (Lipinski definition) is 2. The number of hydrogen-bond acceptors (Lipinski definition) is 4. The lowest BCUT2D eigenvalue weighted by molar-refractivity contribution is -0.131. The van der Waals surface area contributed by atoms with Crippen molar-refractivity contribution in [1.29, 1.82) is 0 Å². The Labute approximate surface area is 186 Å². The van der Waals surface area contributed by atoms with Crippen LogP contribution in [0.1, 0.15) is 31.1 Å². The number of anilines is 2. The number of aromatic nitrogens is 1. The molecule has 0 saturated heterocycles. The number of amides is 3. The van der Waals surface area contributed by atoms with Gasteiger partial charge >= 0.3 is 0 Å². The van der Waals surface area contributed by atoms with Crippen molar-refractivity contribution in [2.24, 2.45) is 0 Å². The number of rotatable bonds is 8. The number of carbonyl (C=O) groups excluding carboxylic acids is 4. The van der Waals surface area contributed by atoms with E-state index < -0.39 is 11.7 Å². The van der Waals surface area contributed by atoms with E-state index in [4.69, 9.17) is 0 Å². The lowest BCUT2D eigenvalue weighted by Gasteiger charge is -2.19. The van der Waals surface area contributed by atoms with E-state index in [2.05, 4.69) is 10.6 Å². The summed E-state index contributed by atoms with van der Waals surface area (Å²) in [6.45, 7) is 6.48. The summed E-state index contributed by atoms with van der Waals surface area (Å²) >= 11 is 0. The molecule has 2 aromatic carbocycles. The van der Waals surface area contributed by atoms with E-state index in [9.17, 15) is 19.2 Å². The summed E-state index contributed by atoms with van der Waals surface area (Å²) in [5.74, 6) is -1.81. The van der Waals surface area contributed by atoms with Crippen LogP contribution in [0.2, 0.25) is 0 Å². The van der Waals surface area contributed by atoms with Crippen molar-refractivity contribution in [2.45, 2.75) is 27.3 Å². The second-order valence-corrected chi connectivity index (χ2v) is 7.30. The van der Waals surface area contributed by atoms with Gasteiger partial charge in [-0.15, -0.1) is 0 Å². The minimum atomic E-state index is -0.803. The first kappa shape index (κ1) is 22.7. The van der Waals surface area contributed by atoms with Crippen molar-refractivity contribution in [3.8, 4) is 0 Å². The molecule has 0 fully saturated rings.